The number of ether oxygens (including phenoxy) is 1. The number of esters is 1. The summed E-state index contributed by atoms with van der Waals surface area (Å²) in [6, 6.07) is 16.1. The molecule has 6 nitrogen and oxygen atoms in total. The zero-order valence-electron chi connectivity index (χ0n) is 14.3. The molecule has 0 spiro atoms. The molecule has 0 aliphatic heterocycles. The van der Waals surface area contributed by atoms with Crippen molar-refractivity contribution in [3.05, 3.63) is 65.9 Å². The molecule has 130 valence electrons. The van der Waals surface area contributed by atoms with Crippen molar-refractivity contribution in [2.75, 3.05) is 0 Å². The fourth-order valence-corrected chi connectivity index (χ4v) is 2.25. The topological polar surface area (TPSA) is 81.8 Å². The molecule has 3 rings (SSSR count). The maximum absolute atomic E-state index is 11.5. The predicted octanol–water partition coefficient (Wildman–Crippen LogP) is 4.22. The summed E-state index contributed by atoms with van der Waals surface area (Å²) >= 11 is 0. The summed E-state index contributed by atoms with van der Waals surface area (Å²) in [5.41, 5.74) is 2.17. The van der Waals surface area contributed by atoms with Crippen LogP contribution in [0.4, 0.5) is 5.69 Å². The number of hydrogen-bond donors (Lipinski definition) is 0. The van der Waals surface area contributed by atoms with Crippen LogP contribution in [0.2, 0.25) is 0 Å². The maximum Gasteiger partial charge on any atom is 0.322 e. The van der Waals surface area contributed by atoms with Gasteiger partial charge >= 0.3 is 11.9 Å². The third-order valence-electron chi connectivity index (χ3n) is 3.47. The van der Waals surface area contributed by atoms with E-state index in [1.54, 1.807) is 24.3 Å². The van der Waals surface area contributed by atoms with Crippen LogP contribution >= 0.6 is 0 Å². The van der Waals surface area contributed by atoms with E-state index < -0.39 is 5.97 Å². The van der Waals surface area contributed by atoms with Crippen molar-refractivity contribution in [1.82, 2.24) is 4.98 Å². The lowest BCUT2D eigenvalue weighted by atomic mass is 10.1. The van der Waals surface area contributed by atoms with Crippen LogP contribution in [0, 0.1) is 0 Å². The van der Waals surface area contributed by atoms with E-state index in [0.29, 0.717) is 17.1 Å². The molecule has 3 aromatic rings. The van der Waals surface area contributed by atoms with Crippen molar-refractivity contribution in [3.63, 3.8) is 0 Å². The molecular weight excluding hydrogens is 332 g/mol. The molecule has 0 atom stereocenters. The van der Waals surface area contributed by atoms with Crippen LogP contribution < -0.4 is 4.74 Å². The number of nitrogens with zero attached hydrogens (tertiary/aromatic N) is 2. The van der Waals surface area contributed by atoms with Crippen LogP contribution in [0.1, 0.15) is 29.9 Å². The Labute approximate surface area is 150 Å². The third kappa shape index (κ3) is 4.10. The molecule has 0 bridgehead atoms. The Morgan fingerprint density at radius 2 is 1.85 bits per heavy atom. The number of oxazole rings is 1. The van der Waals surface area contributed by atoms with Crippen molar-refractivity contribution >= 4 is 23.7 Å². The van der Waals surface area contributed by atoms with Crippen molar-refractivity contribution in [2.24, 2.45) is 4.99 Å². The number of rotatable bonds is 5. The van der Waals surface area contributed by atoms with Gasteiger partial charge in [-0.25, -0.2) is 4.98 Å². The number of aromatic nitrogens is 1. The smallest absolute Gasteiger partial charge is 0.322 e. The summed E-state index contributed by atoms with van der Waals surface area (Å²) in [6.45, 7) is 2.77. The average molecular weight is 348 g/mol. The second kappa shape index (κ2) is 7.57. The highest BCUT2D eigenvalue weighted by molar-refractivity contribution is 5.95. The van der Waals surface area contributed by atoms with Crippen molar-refractivity contribution in [1.29, 1.82) is 0 Å². The van der Waals surface area contributed by atoms with E-state index >= 15 is 0 Å². The number of carbonyl (C=O) groups excluding carboxylic acids is 2. The molecule has 1 aromatic heterocycles. The average Bonchev–Trinajstić information content (AvgIpc) is 3.03. The molecule has 0 aliphatic rings. The van der Waals surface area contributed by atoms with Gasteiger partial charge in [-0.3, -0.25) is 14.6 Å². The third-order valence-corrected chi connectivity index (χ3v) is 3.47. The lowest BCUT2D eigenvalue weighted by Gasteiger charge is -1.98. The summed E-state index contributed by atoms with van der Waals surface area (Å²) in [7, 11) is 0. The number of ketones is 1. The molecule has 0 amide bonds. The number of benzene rings is 2. The monoisotopic (exact) mass is 348 g/mol. The van der Waals surface area contributed by atoms with E-state index in [1.807, 2.05) is 30.3 Å². The summed E-state index contributed by atoms with van der Waals surface area (Å²) in [5.74, 6) is -0.270. The van der Waals surface area contributed by atoms with Crippen LogP contribution in [0.25, 0.3) is 11.5 Å². The van der Waals surface area contributed by atoms with Crippen LogP contribution in [0.3, 0.4) is 0 Å². The highest BCUT2D eigenvalue weighted by Gasteiger charge is 2.16. The molecule has 0 unspecified atom stereocenters. The first-order valence-electron chi connectivity index (χ1n) is 7.92. The number of hydrogen-bond acceptors (Lipinski definition) is 6. The first kappa shape index (κ1) is 17.3. The standard InChI is InChI=1S/C20H16N2O4/c1-13(23)16-9-6-10-17(11-16)21-12-18-20(25-14(2)24)26-19(22-18)15-7-4-3-5-8-15/h3-12H,1-2H3. The Hall–Kier alpha value is -3.54. The minimum Gasteiger partial charge on any atom is -0.405 e. The second-order valence-electron chi connectivity index (χ2n) is 5.52. The molecule has 0 N–H and O–H groups in total. The molecule has 6 heteroatoms. The molecule has 2 aromatic carbocycles. The van der Waals surface area contributed by atoms with Gasteiger partial charge in [-0.05, 0) is 31.2 Å². The van der Waals surface area contributed by atoms with Gasteiger partial charge in [-0.15, -0.1) is 0 Å². The van der Waals surface area contributed by atoms with Gasteiger partial charge in [0.2, 0.25) is 5.89 Å². The first-order valence-corrected chi connectivity index (χ1v) is 7.92. The van der Waals surface area contributed by atoms with Gasteiger partial charge in [0.05, 0.1) is 11.9 Å². The van der Waals surface area contributed by atoms with E-state index in [0.717, 1.165) is 5.56 Å². The fraction of sp³-hybridized carbons (Fsp3) is 0.100. The minimum absolute atomic E-state index is 0.0252. The van der Waals surface area contributed by atoms with Crippen LogP contribution in [0.5, 0.6) is 5.95 Å². The van der Waals surface area contributed by atoms with Gasteiger partial charge in [0.1, 0.15) is 0 Å². The Morgan fingerprint density at radius 3 is 2.54 bits per heavy atom. The Kier molecular flexibility index (Phi) is 5.03. The number of aliphatic imine (C=N–C) groups is 1. The van der Waals surface area contributed by atoms with E-state index in [-0.39, 0.29) is 17.4 Å². The molecular formula is C20H16N2O4. The largest absolute Gasteiger partial charge is 0.405 e. The summed E-state index contributed by atoms with van der Waals surface area (Å²) in [5, 5.41) is 0. The Bertz CT molecular complexity index is 974. The molecule has 0 saturated heterocycles. The summed E-state index contributed by atoms with van der Waals surface area (Å²) in [6.07, 6.45) is 1.44. The van der Waals surface area contributed by atoms with Crippen molar-refractivity contribution < 1.29 is 18.7 Å². The molecule has 0 saturated carbocycles. The second-order valence-corrected chi connectivity index (χ2v) is 5.52. The normalized spacial score (nSPS) is 10.8. The SMILES string of the molecule is CC(=O)Oc1oc(-c2ccccc2)nc1C=Nc1cccc(C(C)=O)c1. The van der Waals surface area contributed by atoms with Gasteiger partial charge in [0, 0.05) is 18.1 Å². The molecule has 1 heterocycles. The number of Topliss-reactive ketones (excluding diaryl/α,β-unsaturated/α-hetero) is 1. The Balaban J connectivity index is 1.95. The number of carbonyl (C=O) groups is 2. The van der Waals surface area contributed by atoms with Gasteiger partial charge in [-0.2, -0.15) is 0 Å². The van der Waals surface area contributed by atoms with E-state index in [1.165, 1.54) is 20.1 Å². The zero-order chi connectivity index (χ0) is 18.5. The van der Waals surface area contributed by atoms with Crippen LogP contribution in [0.15, 0.2) is 64.0 Å². The van der Waals surface area contributed by atoms with Crippen molar-refractivity contribution in [3.8, 4) is 17.4 Å². The summed E-state index contributed by atoms with van der Waals surface area (Å²) in [4.78, 5) is 31.4. The quantitative estimate of drug-likeness (QED) is 0.392. The van der Waals surface area contributed by atoms with Crippen molar-refractivity contribution in [2.45, 2.75) is 13.8 Å². The maximum atomic E-state index is 11.5. The van der Waals surface area contributed by atoms with Gasteiger partial charge in [0.25, 0.3) is 0 Å². The Morgan fingerprint density at radius 1 is 1.08 bits per heavy atom. The summed E-state index contributed by atoms with van der Waals surface area (Å²) < 4.78 is 10.6. The lowest BCUT2D eigenvalue weighted by molar-refractivity contribution is -0.133. The molecule has 0 aliphatic carbocycles. The minimum atomic E-state index is -0.519. The molecule has 0 radical (unpaired) electrons. The van der Waals surface area contributed by atoms with Gasteiger partial charge in [0.15, 0.2) is 11.5 Å². The highest BCUT2D eigenvalue weighted by atomic mass is 16.6. The van der Waals surface area contributed by atoms with Gasteiger partial charge < -0.3 is 9.15 Å². The highest BCUT2D eigenvalue weighted by Crippen LogP contribution is 2.27. The van der Waals surface area contributed by atoms with Crippen LogP contribution in [-0.2, 0) is 4.79 Å². The van der Waals surface area contributed by atoms with Gasteiger partial charge in [-0.1, -0.05) is 30.3 Å². The first-order chi connectivity index (χ1) is 12.5. The van der Waals surface area contributed by atoms with E-state index in [2.05, 4.69) is 9.98 Å². The molecule has 0 fully saturated rings. The zero-order valence-corrected chi connectivity index (χ0v) is 14.3. The van der Waals surface area contributed by atoms with E-state index in [4.69, 9.17) is 9.15 Å². The molecule has 26 heavy (non-hydrogen) atoms. The van der Waals surface area contributed by atoms with Crippen LogP contribution in [-0.4, -0.2) is 23.0 Å². The fourth-order valence-electron chi connectivity index (χ4n) is 2.25. The lowest BCUT2D eigenvalue weighted by Crippen LogP contribution is -2.02. The van der Waals surface area contributed by atoms with E-state index in [9.17, 15) is 9.59 Å². The predicted molar refractivity (Wildman–Crippen MR) is 96.9 cm³/mol.